The molecule has 1 aliphatic heterocycles. The molecule has 21 heavy (non-hydrogen) atoms. The van der Waals surface area contributed by atoms with E-state index in [0.29, 0.717) is 30.5 Å². The Morgan fingerprint density at radius 3 is 2.43 bits per heavy atom. The first kappa shape index (κ1) is 16.8. The van der Waals surface area contributed by atoms with Crippen LogP contribution in [-0.4, -0.2) is 59.1 Å². The molecular weight excluding hydrogens is 264 g/mol. The summed E-state index contributed by atoms with van der Waals surface area (Å²) in [5.41, 5.74) is -0.161. The van der Waals surface area contributed by atoms with Crippen LogP contribution in [0.3, 0.4) is 0 Å². The van der Waals surface area contributed by atoms with Crippen LogP contribution in [0.5, 0.6) is 0 Å². The molecule has 4 heteroatoms. The van der Waals surface area contributed by atoms with Crippen LogP contribution in [-0.2, 0) is 9.53 Å². The lowest BCUT2D eigenvalue weighted by atomic mass is 10.0. The van der Waals surface area contributed by atoms with Crippen molar-refractivity contribution in [1.29, 1.82) is 0 Å². The smallest absolute Gasteiger partial charge is 0.237 e. The zero-order valence-electron chi connectivity index (χ0n) is 14.6. The fourth-order valence-corrected chi connectivity index (χ4v) is 3.42. The molecule has 0 bridgehead atoms. The average molecular weight is 296 g/mol. The molecule has 1 aliphatic carbocycles. The van der Waals surface area contributed by atoms with Crippen LogP contribution < -0.4 is 0 Å². The summed E-state index contributed by atoms with van der Waals surface area (Å²) in [4.78, 5) is 17.2. The second-order valence-corrected chi connectivity index (χ2v) is 7.87. The zero-order chi connectivity index (χ0) is 15.8. The summed E-state index contributed by atoms with van der Waals surface area (Å²) < 4.78 is 5.92. The first-order valence-corrected chi connectivity index (χ1v) is 8.41. The Balaban J connectivity index is 1.98. The van der Waals surface area contributed by atoms with Crippen LogP contribution in [0.25, 0.3) is 0 Å². The molecule has 2 atom stereocenters. The molecule has 0 N–H and O–H groups in total. The van der Waals surface area contributed by atoms with Gasteiger partial charge in [0.25, 0.3) is 0 Å². The minimum atomic E-state index is -0.161. The Bertz CT molecular complexity index is 377. The van der Waals surface area contributed by atoms with Crippen molar-refractivity contribution in [3.05, 3.63) is 0 Å². The van der Waals surface area contributed by atoms with E-state index in [-0.39, 0.29) is 11.7 Å². The molecule has 0 unspecified atom stereocenters. The molecule has 1 heterocycles. The Kier molecular flexibility index (Phi) is 4.99. The molecule has 1 saturated carbocycles. The van der Waals surface area contributed by atoms with E-state index in [1.807, 2.05) is 0 Å². The molecule has 2 rings (SSSR count). The summed E-state index contributed by atoms with van der Waals surface area (Å²) in [6.07, 6.45) is 2.54. The molecule has 0 aromatic carbocycles. The highest BCUT2D eigenvalue weighted by molar-refractivity contribution is 5.79. The van der Waals surface area contributed by atoms with Gasteiger partial charge < -0.3 is 9.64 Å². The van der Waals surface area contributed by atoms with Gasteiger partial charge in [-0.3, -0.25) is 9.69 Å². The van der Waals surface area contributed by atoms with Crippen molar-refractivity contribution in [2.24, 2.45) is 5.92 Å². The maximum absolute atomic E-state index is 12.8. The van der Waals surface area contributed by atoms with Gasteiger partial charge in [0.2, 0.25) is 5.91 Å². The van der Waals surface area contributed by atoms with E-state index < -0.39 is 0 Å². The van der Waals surface area contributed by atoms with Crippen LogP contribution >= 0.6 is 0 Å². The van der Waals surface area contributed by atoms with Gasteiger partial charge in [0.15, 0.2) is 0 Å². The summed E-state index contributed by atoms with van der Waals surface area (Å²) >= 11 is 0. The predicted molar refractivity (Wildman–Crippen MR) is 85.2 cm³/mol. The highest BCUT2D eigenvalue weighted by atomic mass is 16.5. The molecule has 0 aromatic heterocycles. The van der Waals surface area contributed by atoms with E-state index in [1.165, 1.54) is 12.8 Å². The molecule has 1 saturated heterocycles. The third-order valence-electron chi connectivity index (χ3n) is 4.63. The van der Waals surface area contributed by atoms with E-state index in [2.05, 4.69) is 51.3 Å². The van der Waals surface area contributed by atoms with Crippen molar-refractivity contribution in [2.75, 3.05) is 19.6 Å². The van der Waals surface area contributed by atoms with E-state index >= 15 is 0 Å². The topological polar surface area (TPSA) is 32.8 Å². The minimum absolute atomic E-state index is 0.161. The highest BCUT2D eigenvalue weighted by Gasteiger charge is 2.38. The third kappa shape index (κ3) is 4.43. The molecule has 0 radical (unpaired) electrons. The van der Waals surface area contributed by atoms with Gasteiger partial charge in [-0.15, -0.1) is 0 Å². The van der Waals surface area contributed by atoms with Gasteiger partial charge in [-0.2, -0.15) is 0 Å². The number of hydrogen-bond acceptors (Lipinski definition) is 3. The quantitative estimate of drug-likeness (QED) is 0.781. The number of hydrogen-bond donors (Lipinski definition) is 0. The van der Waals surface area contributed by atoms with Crippen molar-refractivity contribution in [1.82, 2.24) is 9.80 Å². The SMILES string of the molecule is CC(C)[C@@H](C)N(C(=O)CN1C[C@H](C)OC(C)(C)C1)C1CC1. The van der Waals surface area contributed by atoms with Gasteiger partial charge in [-0.1, -0.05) is 13.8 Å². The number of ether oxygens (including phenoxy) is 1. The lowest BCUT2D eigenvalue weighted by Gasteiger charge is -2.42. The first-order chi connectivity index (χ1) is 9.69. The second kappa shape index (κ2) is 6.25. The van der Waals surface area contributed by atoms with Gasteiger partial charge in [-0.25, -0.2) is 0 Å². The Morgan fingerprint density at radius 2 is 1.95 bits per heavy atom. The maximum atomic E-state index is 12.8. The maximum Gasteiger partial charge on any atom is 0.237 e. The first-order valence-electron chi connectivity index (χ1n) is 8.41. The lowest BCUT2D eigenvalue weighted by Crippen LogP contribution is -2.55. The fraction of sp³-hybridized carbons (Fsp3) is 0.941. The Morgan fingerprint density at radius 1 is 1.33 bits per heavy atom. The van der Waals surface area contributed by atoms with E-state index in [1.54, 1.807) is 0 Å². The fourth-order valence-electron chi connectivity index (χ4n) is 3.42. The number of rotatable bonds is 5. The van der Waals surface area contributed by atoms with Gasteiger partial charge in [0, 0.05) is 25.2 Å². The van der Waals surface area contributed by atoms with Crippen molar-refractivity contribution in [3.63, 3.8) is 0 Å². The van der Waals surface area contributed by atoms with Crippen LogP contribution in [0.15, 0.2) is 0 Å². The Labute approximate surface area is 129 Å². The van der Waals surface area contributed by atoms with Crippen LogP contribution in [0.4, 0.5) is 0 Å². The van der Waals surface area contributed by atoms with E-state index in [9.17, 15) is 4.79 Å². The molecule has 2 aliphatic rings. The Hall–Kier alpha value is -0.610. The van der Waals surface area contributed by atoms with Crippen molar-refractivity contribution in [3.8, 4) is 0 Å². The number of carbonyl (C=O) groups is 1. The van der Waals surface area contributed by atoms with Crippen LogP contribution in [0.2, 0.25) is 0 Å². The number of carbonyl (C=O) groups excluding carboxylic acids is 1. The van der Waals surface area contributed by atoms with Crippen molar-refractivity contribution < 1.29 is 9.53 Å². The van der Waals surface area contributed by atoms with E-state index in [0.717, 1.165) is 13.1 Å². The molecule has 0 spiro atoms. The standard InChI is InChI=1S/C17H32N2O2/c1-12(2)14(4)19(15-7-8-15)16(20)10-18-9-13(3)21-17(5,6)11-18/h12-15H,7-11H2,1-6H3/t13-,14+/m0/s1. The molecule has 122 valence electrons. The monoisotopic (exact) mass is 296 g/mol. The molecular formula is C17H32N2O2. The minimum Gasteiger partial charge on any atom is -0.370 e. The normalized spacial score (nSPS) is 27.7. The summed E-state index contributed by atoms with van der Waals surface area (Å²) in [6.45, 7) is 15.1. The molecule has 2 fully saturated rings. The van der Waals surface area contributed by atoms with Gasteiger partial charge in [0.1, 0.15) is 0 Å². The number of morpholine rings is 1. The summed E-state index contributed by atoms with van der Waals surface area (Å²) in [5.74, 6) is 0.804. The third-order valence-corrected chi connectivity index (χ3v) is 4.63. The van der Waals surface area contributed by atoms with Crippen LogP contribution in [0, 0.1) is 5.92 Å². The van der Waals surface area contributed by atoms with E-state index in [4.69, 9.17) is 4.74 Å². The number of amides is 1. The van der Waals surface area contributed by atoms with Crippen molar-refractivity contribution in [2.45, 2.75) is 78.2 Å². The summed E-state index contributed by atoms with van der Waals surface area (Å²) in [6, 6.07) is 0.817. The highest BCUT2D eigenvalue weighted by Crippen LogP contribution is 2.31. The average Bonchev–Trinajstić information content (AvgIpc) is 3.10. The zero-order valence-corrected chi connectivity index (χ0v) is 14.6. The van der Waals surface area contributed by atoms with Gasteiger partial charge >= 0.3 is 0 Å². The van der Waals surface area contributed by atoms with Gasteiger partial charge in [-0.05, 0) is 46.5 Å². The van der Waals surface area contributed by atoms with Crippen LogP contribution in [0.1, 0.15) is 54.4 Å². The second-order valence-electron chi connectivity index (χ2n) is 7.87. The largest absolute Gasteiger partial charge is 0.370 e. The summed E-state index contributed by atoms with van der Waals surface area (Å²) in [5, 5.41) is 0. The molecule has 1 amide bonds. The molecule has 4 nitrogen and oxygen atoms in total. The predicted octanol–water partition coefficient (Wildman–Crippen LogP) is 2.52. The number of nitrogens with zero attached hydrogens (tertiary/aromatic N) is 2. The summed E-state index contributed by atoms with van der Waals surface area (Å²) in [7, 11) is 0. The lowest BCUT2D eigenvalue weighted by molar-refractivity contribution is -0.148. The van der Waals surface area contributed by atoms with Gasteiger partial charge in [0.05, 0.1) is 18.2 Å². The molecule has 0 aromatic rings. The van der Waals surface area contributed by atoms with Crippen molar-refractivity contribution >= 4 is 5.91 Å².